The fourth-order valence-electron chi connectivity index (χ4n) is 2.59. The minimum absolute atomic E-state index is 0.0552. The molecular formula is C19H26N4O3. The number of hydrogen-bond acceptors (Lipinski definition) is 5. The first-order chi connectivity index (χ1) is 12.5. The molecule has 2 amide bonds. The second-order valence-electron chi connectivity index (χ2n) is 5.99. The standard InChI is InChI=1S/C19H26N4O3/c1-23(2)17(14-7-9-16(25-3)10-8-14)13-22-19(24)21-12-15-6-5-11-20-18(15)26-4/h5-11,17H,12-13H2,1-4H3,(H2,21,22,24). The van der Waals surface area contributed by atoms with Crippen molar-refractivity contribution in [2.75, 3.05) is 34.9 Å². The summed E-state index contributed by atoms with van der Waals surface area (Å²) in [6, 6.07) is 11.3. The minimum atomic E-state index is -0.240. The molecule has 0 fully saturated rings. The average molecular weight is 358 g/mol. The van der Waals surface area contributed by atoms with E-state index >= 15 is 0 Å². The molecule has 1 aromatic carbocycles. The van der Waals surface area contributed by atoms with Crippen LogP contribution < -0.4 is 20.1 Å². The summed E-state index contributed by atoms with van der Waals surface area (Å²) >= 11 is 0. The van der Waals surface area contributed by atoms with Gasteiger partial charge in [-0.3, -0.25) is 0 Å². The van der Waals surface area contributed by atoms with Gasteiger partial charge >= 0.3 is 6.03 Å². The number of carbonyl (C=O) groups excluding carboxylic acids is 1. The van der Waals surface area contributed by atoms with Crippen LogP contribution in [0.15, 0.2) is 42.6 Å². The number of benzene rings is 1. The van der Waals surface area contributed by atoms with Gasteiger partial charge in [0.15, 0.2) is 0 Å². The van der Waals surface area contributed by atoms with Crippen molar-refractivity contribution >= 4 is 6.03 Å². The smallest absolute Gasteiger partial charge is 0.315 e. The molecule has 0 saturated heterocycles. The number of likely N-dealkylation sites (N-methyl/N-ethyl adjacent to an activating group) is 1. The van der Waals surface area contributed by atoms with Crippen molar-refractivity contribution in [2.24, 2.45) is 0 Å². The highest BCUT2D eigenvalue weighted by molar-refractivity contribution is 5.73. The van der Waals surface area contributed by atoms with Crippen LogP contribution in [0.1, 0.15) is 17.2 Å². The van der Waals surface area contributed by atoms with E-state index in [9.17, 15) is 4.79 Å². The van der Waals surface area contributed by atoms with Crippen molar-refractivity contribution in [3.8, 4) is 11.6 Å². The van der Waals surface area contributed by atoms with Crippen molar-refractivity contribution in [3.63, 3.8) is 0 Å². The Morgan fingerprint density at radius 2 is 1.85 bits per heavy atom. The molecule has 1 atom stereocenters. The van der Waals surface area contributed by atoms with E-state index in [1.807, 2.05) is 50.5 Å². The highest BCUT2D eigenvalue weighted by Crippen LogP contribution is 2.20. The number of ether oxygens (including phenoxy) is 2. The summed E-state index contributed by atoms with van der Waals surface area (Å²) in [7, 11) is 7.16. The van der Waals surface area contributed by atoms with Gasteiger partial charge in [-0.25, -0.2) is 9.78 Å². The molecule has 0 aliphatic heterocycles. The number of urea groups is 1. The third-order valence-corrected chi connectivity index (χ3v) is 4.06. The largest absolute Gasteiger partial charge is 0.497 e. The molecule has 1 unspecified atom stereocenters. The molecule has 2 N–H and O–H groups in total. The Hall–Kier alpha value is -2.80. The molecule has 0 aliphatic carbocycles. The van der Waals surface area contributed by atoms with Gasteiger partial charge in [-0.1, -0.05) is 18.2 Å². The number of nitrogens with one attached hydrogen (secondary N) is 2. The SMILES string of the molecule is COc1ccc(C(CNC(=O)NCc2cccnc2OC)N(C)C)cc1. The average Bonchev–Trinajstić information content (AvgIpc) is 2.67. The van der Waals surface area contributed by atoms with Gasteiger partial charge in [-0.2, -0.15) is 0 Å². The summed E-state index contributed by atoms with van der Waals surface area (Å²) in [6.45, 7) is 0.827. The molecule has 0 radical (unpaired) electrons. The van der Waals surface area contributed by atoms with Gasteiger partial charge in [-0.15, -0.1) is 0 Å². The second kappa shape index (κ2) is 9.62. The summed E-state index contributed by atoms with van der Waals surface area (Å²) < 4.78 is 10.4. The zero-order chi connectivity index (χ0) is 18.9. The normalized spacial score (nSPS) is 11.7. The zero-order valence-electron chi connectivity index (χ0n) is 15.7. The number of aromatic nitrogens is 1. The Balaban J connectivity index is 1.90. The van der Waals surface area contributed by atoms with E-state index in [2.05, 4.69) is 20.5 Å². The lowest BCUT2D eigenvalue weighted by Crippen LogP contribution is -2.40. The van der Waals surface area contributed by atoms with Gasteiger partial charge in [0, 0.05) is 24.8 Å². The highest BCUT2D eigenvalue weighted by Gasteiger charge is 2.15. The number of pyridine rings is 1. The molecule has 0 aliphatic rings. The maximum Gasteiger partial charge on any atom is 0.315 e. The van der Waals surface area contributed by atoms with Crippen LogP contribution in [-0.2, 0) is 6.54 Å². The summed E-state index contributed by atoms with van der Waals surface area (Å²) in [4.78, 5) is 18.3. The lowest BCUT2D eigenvalue weighted by atomic mass is 10.1. The summed E-state index contributed by atoms with van der Waals surface area (Å²) in [5, 5.41) is 5.74. The van der Waals surface area contributed by atoms with Crippen molar-refractivity contribution < 1.29 is 14.3 Å². The van der Waals surface area contributed by atoms with E-state index in [0.717, 1.165) is 16.9 Å². The van der Waals surface area contributed by atoms with E-state index in [0.29, 0.717) is 19.0 Å². The van der Waals surface area contributed by atoms with Crippen LogP contribution in [0.4, 0.5) is 4.79 Å². The quantitative estimate of drug-likeness (QED) is 0.757. The van der Waals surface area contributed by atoms with Crippen LogP contribution in [-0.4, -0.2) is 50.8 Å². The van der Waals surface area contributed by atoms with E-state index in [4.69, 9.17) is 9.47 Å². The van der Waals surface area contributed by atoms with E-state index in [1.165, 1.54) is 0 Å². The first kappa shape index (κ1) is 19.5. The first-order valence-electron chi connectivity index (χ1n) is 8.35. The van der Waals surface area contributed by atoms with Crippen LogP contribution >= 0.6 is 0 Å². The molecule has 0 spiro atoms. The van der Waals surface area contributed by atoms with E-state index < -0.39 is 0 Å². The lowest BCUT2D eigenvalue weighted by molar-refractivity contribution is 0.232. The molecule has 1 aromatic heterocycles. The minimum Gasteiger partial charge on any atom is -0.497 e. The fraction of sp³-hybridized carbons (Fsp3) is 0.368. The maximum absolute atomic E-state index is 12.2. The predicted molar refractivity (Wildman–Crippen MR) is 100 cm³/mol. The van der Waals surface area contributed by atoms with Crippen molar-refractivity contribution in [1.29, 1.82) is 0 Å². The van der Waals surface area contributed by atoms with Crippen LogP contribution in [0.3, 0.4) is 0 Å². The molecule has 7 nitrogen and oxygen atoms in total. The van der Waals surface area contributed by atoms with Gasteiger partial charge in [-0.05, 0) is 37.9 Å². The Morgan fingerprint density at radius 1 is 1.12 bits per heavy atom. The van der Waals surface area contributed by atoms with E-state index in [-0.39, 0.29) is 12.1 Å². The number of nitrogens with zero attached hydrogens (tertiary/aromatic N) is 2. The highest BCUT2D eigenvalue weighted by atomic mass is 16.5. The number of carbonyl (C=O) groups is 1. The van der Waals surface area contributed by atoms with Crippen LogP contribution in [0.25, 0.3) is 0 Å². The monoisotopic (exact) mass is 358 g/mol. The fourth-order valence-corrected chi connectivity index (χ4v) is 2.59. The van der Waals surface area contributed by atoms with Crippen molar-refractivity contribution in [3.05, 3.63) is 53.7 Å². The van der Waals surface area contributed by atoms with Gasteiger partial charge in [0.25, 0.3) is 0 Å². The van der Waals surface area contributed by atoms with Crippen LogP contribution in [0, 0.1) is 0 Å². The molecule has 0 bridgehead atoms. The number of rotatable bonds is 8. The lowest BCUT2D eigenvalue weighted by Gasteiger charge is -2.25. The van der Waals surface area contributed by atoms with Crippen molar-refractivity contribution in [2.45, 2.75) is 12.6 Å². The molecule has 26 heavy (non-hydrogen) atoms. The van der Waals surface area contributed by atoms with Gasteiger partial charge in [0.2, 0.25) is 5.88 Å². The first-order valence-corrected chi connectivity index (χ1v) is 8.35. The van der Waals surface area contributed by atoms with Crippen molar-refractivity contribution in [1.82, 2.24) is 20.5 Å². The number of methoxy groups -OCH3 is 2. The Labute approximate surface area is 154 Å². The van der Waals surface area contributed by atoms with Gasteiger partial charge < -0.3 is 25.0 Å². The number of hydrogen-bond donors (Lipinski definition) is 2. The predicted octanol–water partition coefficient (Wildman–Crippen LogP) is 2.20. The van der Waals surface area contributed by atoms with E-state index in [1.54, 1.807) is 20.4 Å². The molecule has 2 rings (SSSR count). The molecule has 1 heterocycles. The second-order valence-corrected chi connectivity index (χ2v) is 5.99. The topological polar surface area (TPSA) is 75.7 Å². The Morgan fingerprint density at radius 3 is 2.46 bits per heavy atom. The summed E-state index contributed by atoms with van der Waals surface area (Å²) in [5.74, 6) is 1.32. The number of amides is 2. The van der Waals surface area contributed by atoms with Crippen LogP contribution in [0.2, 0.25) is 0 Å². The molecule has 140 valence electrons. The van der Waals surface area contributed by atoms with Crippen LogP contribution in [0.5, 0.6) is 11.6 Å². The Kier molecular flexibility index (Phi) is 7.23. The summed E-state index contributed by atoms with van der Waals surface area (Å²) in [6.07, 6.45) is 1.65. The summed E-state index contributed by atoms with van der Waals surface area (Å²) in [5.41, 5.74) is 1.93. The van der Waals surface area contributed by atoms with Gasteiger partial charge in [0.1, 0.15) is 5.75 Å². The third-order valence-electron chi connectivity index (χ3n) is 4.06. The molecular weight excluding hydrogens is 332 g/mol. The molecule has 7 heteroatoms. The molecule has 0 saturated carbocycles. The Bertz CT molecular complexity index is 704. The van der Waals surface area contributed by atoms with Gasteiger partial charge in [0.05, 0.1) is 20.3 Å². The zero-order valence-corrected chi connectivity index (χ0v) is 15.7. The maximum atomic E-state index is 12.2. The molecule has 2 aromatic rings. The third kappa shape index (κ3) is 5.35.